The highest BCUT2D eigenvalue weighted by molar-refractivity contribution is 5.95. The minimum atomic E-state index is -0.0917. The van der Waals surface area contributed by atoms with Gasteiger partial charge in [0.1, 0.15) is 5.82 Å². The SMILES string of the molecule is Cc1ccc(C(=O)N2CCC(C(=O)Nc3ccc(N4CCOCC4)nc3)CC2)cc1. The lowest BCUT2D eigenvalue weighted by atomic mass is 9.95. The van der Waals surface area contributed by atoms with Gasteiger partial charge in [0.25, 0.3) is 5.91 Å². The lowest BCUT2D eigenvalue weighted by Gasteiger charge is -2.31. The van der Waals surface area contributed by atoms with Crippen molar-refractivity contribution in [2.24, 2.45) is 5.92 Å². The van der Waals surface area contributed by atoms with E-state index in [1.54, 1.807) is 6.20 Å². The molecule has 2 aliphatic heterocycles. The van der Waals surface area contributed by atoms with Gasteiger partial charge in [-0.1, -0.05) is 17.7 Å². The van der Waals surface area contributed by atoms with E-state index < -0.39 is 0 Å². The molecule has 2 fully saturated rings. The largest absolute Gasteiger partial charge is 0.378 e. The van der Waals surface area contributed by atoms with Crippen molar-refractivity contribution in [3.63, 3.8) is 0 Å². The first-order valence-electron chi connectivity index (χ1n) is 10.6. The number of aryl methyl sites for hydroxylation is 1. The van der Waals surface area contributed by atoms with E-state index in [0.29, 0.717) is 50.4 Å². The highest BCUT2D eigenvalue weighted by Crippen LogP contribution is 2.22. The molecular weight excluding hydrogens is 380 g/mol. The molecule has 0 bridgehead atoms. The molecule has 7 nitrogen and oxygen atoms in total. The molecule has 0 aliphatic carbocycles. The highest BCUT2D eigenvalue weighted by Gasteiger charge is 2.28. The summed E-state index contributed by atoms with van der Waals surface area (Å²) in [5, 5.41) is 2.98. The maximum Gasteiger partial charge on any atom is 0.253 e. The molecule has 0 spiro atoms. The number of carbonyl (C=O) groups is 2. The molecule has 1 aromatic heterocycles. The maximum atomic E-state index is 12.7. The minimum absolute atomic E-state index is 0.00152. The number of aromatic nitrogens is 1. The number of benzene rings is 1. The van der Waals surface area contributed by atoms with Crippen molar-refractivity contribution in [1.29, 1.82) is 0 Å². The Bertz CT molecular complexity index is 868. The summed E-state index contributed by atoms with van der Waals surface area (Å²) < 4.78 is 5.37. The maximum absolute atomic E-state index is 12.7. The van der Waals surface area contributed by atoms with Crippen LogP contribution < -0.4 is 10.2 Å². The normalized spacial score (nSPS) is 17.6. The molecule has 0 atom stereocenters. The van der Waals surface area contributed by atoms with Crippen molar-refractivity contribution >= 4 is 23.3 Å². The molecular formula is C23H28N4O3. The summed E-state index contributed by atoms with van der Waals surface area (Å²) in [6, 6.07) is 11.5. The fourth-order valence-corrected chi connectivity index (χ4v) is 3.91. The minimum Gasteiger partial charge on any atom is -0.378 e. The lowest BCUT2D eigenvalue weighted by molar-refractivity contribution is -0.121. The van der Waals surface area contributed by atoms with Crippen LogP contribution in [-0.4, -0.2) is 61.1 Å². The molecule has 1 aromatic carbocycles. The highest BCUT2D eigenvalue weighted by atomic mass is 16.5. The molecule has 2 amide bonds. The summed E-state index contributed by atoms with van der Waals surface area (Å²) in [6.07, 6.45) is 3.05. The summed E-state index contributed by atoms with van der Waals surface area (Å²) in [5.41, 5.74) is 2.54. The number of ether oxygens (including phenoxy) is 1. The molecule has 0 saturated carbocycles. The molecule has 0 unspecified atom stereocenters. The number of amides is 2. The van der Waals surface area contributed by atoms with E-state index in [2.05, 4.69) is 15.2 Å². The number of rotatable bonds is 4. The third kappa shape index (κ3) is 4.79. The summed E-state index contributed by atoms with van der Waals surface area (Å²) in [4.78, 5) is 33.8. The number of piperidine rings is 1. The number of likely N-dealkylation sites (tertiary alicyclic amines) is 1. The fourth-order valence-electron chi connectivity index (χ4n) is 3.91. The number of pyridine rings is 1. The average molecular weight is 409 g/mol. The van der Waals surface area contributed by atoms with Gasteiger partial charge in [-0.05, 0) is 44.0 Å². The van der Waals surface area contributed by atoms with Crippen LogP contribution in [0, 0.1) is 12.8 Å². The van der Waals surface area contributed by atoms with Gasteiger partial charge in [-0.25, -0.2) is 4.98 Å². The van der Waals surface area contributed by atoms with Crippen molar-refractivity contribution in [2.75, 3.05) is 49.6 Å². The summed E-state index contributed by atoms with van der Waals surface area (Å²) >= 11 is 0. The van der Waals surface area contributed by atoms with Crippen LogP contribution in [0.15, 0.2) is 42.6 Å². The van der Waals surface area contributed by atoms with E-state index in [1.807, 2.05) is 48.2 Å². The summed E-state index contributed by atoms with van der Waals surface area (Å²) in [6.45, 7) is 6.29. The van der Waals surface area contributed by atoms with Gasteiger partial charge in [-0.3, -0.25) is 9.59 Å². The van der Waals surface area contributed by atoms with Gasteiger partial charge in [0.05, 0.1) is 25.1 Å². The van der Waals surface area contributed by atoms with Gasteiger partial charge in [0.15, 0.2) is 0 Å². The van der Waals surface area contributed by atoms with Crippen LogP contribution in [0.4, 0.5) is 11.5 Å². The Morgan fingerprint density at radius 3 is 2.33 bits per heavy atom. The topological polar surface area (TPSA) is 74.8 Å². The Labute approximate surface area is 177 Å². The Morgan fingerprint density at radius 1 is 1.00 bits per heavy atom. The number of morpholine rings is 1. The number of anilines is 2. The van der Waals surface area contributed by atoms with E-state index in [4.69, 9.17) is 4.74 Å². The number of carbonyl (C=O) groups excluding carboxylic acids is 2. The molecule has 30 heavy (non-hydrogen) atoms. The zero-order valence-corrected chi connectivity index (χ0v) is 17.3. The quantitative estimate of drug-likeness (QED) is 0.842. The van der Waals surface area contributed by atoms with Crippen molar-refractivity contribution in [1.82, 2.24) is 9.88 Å². The zero-order valence-electron chi connectivity index (χ0n) is 17.3. The third-order valence-electron chi connectivity index (χ3n) is 5.80. The number of nitrogens with one attached hydrogen (secondary N) is 1. The Morgan fingerprint density at radius 2 is 1.70 bits per heavy atom. The van der Waals surface area contributed by atoms with Crippen LogP contribution in [0.5, 0.6) is 0 Å². The summed E-state index contributed by atoms with van der Waals surface area (Å²) in [7, 11) is 0. The van der Waals surface area contributed by atoms with Gasteiger partial charge in [-0.2, -0.15) is 0 Å². The first-order valence-corrected chi connectivity index (χ1v) is 10.6. The number of nitrogens with zero attached hydrogens (tertiary/aromatic N) is 3. The first kappa shape index (κ1) is 20.3. The standard InChI is InChI=1S/C23H28N4O3/c1-17-2-4-19(5-3-17)23(29)27-10-8-18(9-11-27)22(28)25-20-6-7-21(24-16-20)26-12-14-30-15-13-26/h2-7,16,18H,8-15H2,1H3,(H,25,28). The van der Waals surface area contributed by atoms with Gasteiger partial charge in [0.2, 0.25) is 5.91 Å². The molecule has 2 aliphatic rings. The molecule has 7 heteroatoms. The molecule has 4 rings (SSSR count). The van der Waals surface area contributed by atoms with E-state index in [0.717, 1.165) is 24.5 Å². The van der Waals surface area contributed by atoms with Gasteiger partial charge >= 0.3 is 0 Å². The average Bonchev–Trinajstić information content (AvgIpc) is 2.80. The van der Waals surface area contributed by atoms with Crippen LogP contribution >= 0.6 is 0 Å². The van der Waals surface area contributed by atoms with Crippen molar-refractivity contribution in [3.05, 3.63) is 53.7 Å². The van der Waals surface area contributed by atoms with Crippen molar-refractivity contribution in [3.8, 4) is 0 Å². The van der Waals surface area contributed by atoms with Crippen LogP contribution in [0.3, 0.4) is 0 Å². The molecule has 2 aromatic rings. The zero-order chi connectivity index (χ0) is 20.9. The second-order valence-electron chi connectivity index (χ2n) is 7.93. The predicted octanol–water partition coefficient (Wildman–Crippen LogP) is 2.72. The lowest BCUT2D eigenvalue weighted by Crippen LogP contribution is -2.41. The van der Waals surface area contributed by atoms with E-state index in [-0.39, 0.29) is 17.7 Å². The molecule has 0 radical (unpaired) electrons. The Balaban J connectivity index is 1.28. The molecule has 1 N–H and O–H groups in total. The monoisotopic (exact) mass is 408 g/mol. The second-order valence-corrected chi connectivity index (χ2v) is 7.93. The van der Waals surface area contributed by atoms with Gasteiger partial charge in [-0.15, -0.1) is 0 Å². The van der Waals surface area contributed by atoms with E-state index >= 15 is 0 Å². The van der Waals surface area contributed by atoms with Crippen LogP contribution in [0.25, 0.3) is 0 Å². The molecule has 2 saturated heterocycles. The second kappa shape index (κ2) is 9.26. The van der Waals surface area contributed by atoms with Crippen LogP contribution in [-0.2, 0) is 9.53 Å². The van der Waals surface area contributed by atoms with Crippen molar-refractivity contribution in [2.45, 2.75) is 19.8 Å². The van der Waals surface area contributed by atoms with E-state index in [1.165, 1.54) is 0 Å². The smallest absolute Gasteiger partial charge is 0.253 e. The van der Waals surface area contributed by atoms with Crippen LogP contribution in [0.1, 0.15) is 28.8 Å². The Kier molecular flexibility index (Phi) is 6.28. The Hall–Kier alpha value is -2.93. The molecule has 158 valence electrons. The third-order valence-corrected chi connectivity index (χ3v) is 5.80. The van der Waals surface area contributed by atoms with Crippen molar-refractivity contribution < 1.29 is 14.3 Å². The predicted molar refractivity (Wildman–Crippen MR) is 116 cm³/mol. The molecule has 3 heterocycles. The van der Waals surface area contributed by atoms with Gasteiger partial charge < -0.3 is 19.9 Å². The first-order chi connectivity index (χ1) is 14.6. The summed E-state index contributed by atoms with van der Waals surface area (Å²) in [5.74, 6) is 0.848. The van der Waals surface area contributed by atoms with E-state index in [9.17, 15) is 9.59 Å². The number of hydrogen-bond acceptors (Lipinski definition) is 5. The van der Waals surface area contributed by atoms with Gasteiger partial charge in [0, 0.05) is 37.7 Å². The number of hydrogen-bond donors (Lipinski definition) is 1. The fraction of sp³-hybridized carbons (Fsp3) is 0.435. The van der Waals surface area contributed by atoms with Crippen LogP contribution in [0.2, 0.25) is 0 Å².